The van der Waals surface area contributed by atoms with Gasteiger partial charge in [-0.25, -0.2) is 4.79 Å². The molecule has 25 heavy (non-hydrogen) atoms. The first-order valence-corrected chi connectivity index (χ1v) is 7.38. The zero-order chi connectivity index (χ0) is 18.6. The van der Waals surface area contributed by atoms with Crippen LogP contribution < -0.4 is 4.74 Å². The van der Waals surface area contributed by atoms with Crippen LogP contribution in [0.4, 0.5) is 13.2 Å². The van der Waals surface area contributed by atoms with Gasteiger partial charge in [-0.05, 0) is 18.2 Å². The van der Waals surface area contributed by atoms with Crippen LogP contribution in [0.2, 0.25) is 0 Å². The van der Waals surface area contributed by atoms with Gasteiger partial charge < -0.3 is 9.47 Å². The van der Waals surface area contributed by atoms with E-state index in [4.69, 9.17) is 16.3 Å². The molecule has 4 nitrogen and oxygen atoms in total. The van der Waals surface area contributed by atoms with E-state index in [1.165, 1.54) is 36.4 Å². The molecule has 0 spiro atoms. The third-order valence-corrected chi connectivity index (χ3v) is 3.49. The highest BCUT2D eigenvalue weighted by molar-refractivity contribution is 6.29. The van der Waals surface area contributed by atoms with Crippen molar-refractivity contribution in [3.8, 4) is 5.75 Å². The van der Waals surface area contributed by atoms with Gasteiger partial charge in [-0.1, -0.05) is 41.9 Å². The Morgan fingerprint density at radius 3 is 2.16 bits per heavy atom. The Balaban J connectivity index is 2.44. The van der Waals surface area contributed by atoms with E-state index in [2.05, 4.69) is 4.74 Å². The highest BCUT2D eigenvalue weighted by Crippen LogP contribution is 2.34. The number of alkyl halides is 4. The van der Waals surface area contributed by atoms with E-state index in [0.29, 0.717) is 0 Å². The number of halogens is 4. The molecule has 132 valence electrons. The molecule has 1 atom stereocenters. The summed E-state index contributed by atoms with van der Waals surface area (Å²) in [5.41, 5.74) is -3.30. The van der Waals surface area contributed by atoms with Gasteiger partial charge in [0.05, 0.1) is 18.2 Å². The number of ether oxygens (including phenoxy) is 2. The average Bonchev–Trinajstić information content (AvgIpc) is 2.60. The molecule has 1 unspecified atom stereocenters. The highest BCUT2D eigenvalue weighted by Gasteiger charge is 2.35. The summed E-state index contributed by atoms with van der Waals surface area (Å²) < 4.78 is 48.9. The molecule has 0 radical (unpaired) electrons. The van der Waals surface area contributed by atoms with E-state index in [1.807, 2.05) is 0 Å². The first kappa shape index (κ1) is 18.8. The smallest absolute Gasteiger partial charge is 0.417 e. The summed E-state index contributed by atoms with van der Waals surface area (Å²) in [6.07, 6.45) is -4.69. The van der Waals surface area contributed by atoms with Crippen molar-refractivity contribution in [1.82, 2.24) is 0 Å². The Morgan fingerprint density at radius 2 is 1.56 bits per heavy atom. The molecule has 0 aliphatic heterocycles. The van der Waals surface area contributed by atoms with E-state index in [0.717, 1.165) is 19.2 Å². The van der Waals surface area contributed by atoms with Crippen molar-refractivity contribution < 1.29 is 32.2 Å². The third kappa shape index (κ3) is 4.30. The molecule has 0 saturated carbocycles. The first-order chi connectivity index (χ1) is 11.8. The molecule has 0 N–H and O–H groups in total. The highest BCUT2D eigenvalue weighted by atomic mass is 35.5. The Kier molecular flexibility index (Phi) is 5.69. The lowest BCUT2D eigenvalue weighted by Crippen LogP contribution is -2.23. The zero-order valence-corrected chi connectivity index (χ0v) is 13.6. The zero-order valence-electron chi connectivity index (χ0n) is 12.8. The second-order valence-electron chi connectivity index (χ2n) is 4.83. The third-order valence-electron chi connectivity index (χ3n) is 3.23. The standard InChI is InChI=1S/C17H12ClF3O4/c1-24-16(23)15(18)25-13-9-5-3-7-11(13)14(22)10-6-2-4-8-12(10)17(19,20)21/h2-9,15H,1H3. The van der Waals surface area contributed by atoms with Crippen molar-refractivity contribution in [2.45, 2.75) is 11.7 Å². The molecule has 0 aromatic heterocycles. The fourth-order valence-electron chi connectivity index (χ4n) is 2.08. The Labute approximate surface area is 146 Å². The van der Waals surface area contributed by atoms with E-state index in [9.17, 15) is 22.8 Å². The van der Waals surface area contributed by atoms with Gasteiger partial charge in [0.1, 0.15) is 5.75 Å². The van der Waals surface area contributed by atoms with Crippen LogP contribution in [0.3, 0.4) is 0 Å². The van der Waals surface area contributed by atoms with E-state index in [-0.39, 0.29) is 11.3 Å². The molecule has 0 aliphatic carbocycles. The monoisotopic (exact) mass is 372 g/mol. The van der Waals surface area contributed by atoms with Crippen molar-refractivity contribution >= 4 is 23.4 Å². The lowest BCUT2D eigenvalue weighted by molar-refractivity contribution is -0.145. The van der Waals surface area contributed by atoms with E-state index >= 15 is 0 Å². The van der Waals surface area contributed by atoms with Gasteiger partial charge in [-0.2, -0.15) is 13.2 Å². The summed E-state index contributed by atoms with van der Waals surface area (Å²) in [7, 11) is 1.09. The largest absolute Gasteiger partial charge is 0.465 e. The molecule has 2 aromatic rings. The molecule has 0 aliphatic rings. The van der Waals surface area contributed by atoms with Crippen LogP contribution in [0.1, 0.15) is 21.5 Å². The first-order valence-electron chi connectivity index (χ1n) is 6.94. The maximum Gasteiger partial charge on any atom is 0.417 e. The summed E-state index contributed by atoms with van der Waals surface area (Å²) in [6.45, 7) is 0. The summed E-state index contributed by atoms with van der Waals surface area (Å²) >= 11 is 5.70. The summed E-state index contributed by atoms with van der Waals surface area (Å²) in [5.74, 6) is -1.94. The second-order valence-corrected chi connectivity index (χ2v) is 5.22. The Morgan fingerprint density at radius 1 is 1.00 bits per heavy atom. The van der Waals surface area contributed by atoms with E-state index in [1.54, 1.807) is 0 Å². The number of hydrogen-bond acceptors (Lipinski definition) is 4. The van der Waals surface area contributed by atoms with Crippen LogP contribution in [0, 0.1) is 0 Å². The molecular weight excluding hydrogens is 361 g/mol. The summed E-state index contributed by atoms with van der Waals surface area (Å²) in [6, 6.07) is 9.95. The molecule has 2 rings (SSSR count). The fourth-order valence-corrected chi connectivity index (χ4v) is 2.27. The Bertz CT molecular complexity index is 789. The van der Waals surface area contributed by atoms with Gasteiger partial charge in [0, 0.05) is 5.56 Å². The van der Waals surface area contributed by atoms with Crippen molar-refractivity contribution in [3.63, 3.8) is 0 Å². The fraction of sp³-hybridized carbons (Fsp3) is 0.176. The molecule has 0 fully saturated rings. The lowest BCUT2D eigenvalue weighted by atomic mass is 9.97. The van der Waals surface area contributed by atoms with E-state index < -0.39 is 34.6 Å². The molecule has 2 aromatic carbocycles. The summed E-state index contributed by atoms with van der Waals surface area (Å²) in [4.78, 5) is 24.0. The number of hydrogen-bond donors (Lipinski definition) is 0. The van der Waals surface area contributed by atoms with Crippen LogP contribution >= 0.6 is 11.6 Å². The maximum absolute atomic E-state index is 13.1. The second kappa shape index (κ2) is 7.57. The SMILES string of the molecule is COC(=O)C(Cl)Oc1ccccc1C(=O)c1ccccc1C(F)(F)F. The predicted octanol–water partition coefficient (Wildman–Crippen LogP) is 4.05. The van der Waals surface area contributed by atoms with Gasteiger partial charge in [-0.15, -0.1) is 0 Å². The van der Waals surface area contributed by atoms with Crippen LogP contribution in [-0.2, 0) is 15.7 Å². The number of rotatable bonds is 5. The molecule has 0 saturated heterocycles. The van der Waals surface area contributed by atoms with Gasteiger partial charge in [0.25, 0.3) is 5.56 Å². The lowest BCUT2D eigenvalue weighted by Gasteiger charge is -2.15. The number of esters is 1. The molecular formula is C17H12ClF3O4. The van der Waals surface area contributed by atoms with Crippen molar-refractivity contribution in [3.05, 3.63) is 65.2 Å². The van der Waals surface area contributed by atoms with Crippen LogP contribution in [0.25, 0.3) is 0 Å². The number of carbonyl (C=O) groups excluding carboxylic acids is 2. The van der Waals surface area contributed by atoms with Crippen LogP contribution in [-0.4, -0.2) is 24.4 Å². The van der Waals surface area contributed by atoms with Crippen LogP contribution in [0.15, 0.2) is 48.5 Å². The minimum Gasteiger partial charge on any atom is -0.465 e. The number of carbonyl (C=O) groups is 2. The number of ketones is 1. The van der Waals surface area contributed by atoms with Gasteiger partial charge in [0.2, 0.25) is 0 Å². The minimum absolute atomic E-state index is 0.130. The summed E-state index contributed by atoms with van der Waals surface area (Å²) in [5, 5.41) is 0. The van der Waals surface area contributed by atoms with Crippen molar-refractivity contribution in [2.24, 2.45) is 0 Å². The van der Waals surface area contributed by atoms with Crippen molar-refractivity contribution in [1.29, 1.82) is 0 Å². The predicted molar refractivity (Wildman–Crippen MR) is 83.6 cm³/mol. The molecule has 0 bridgehead atoms. The molecule has 8 heteroatoms. The number of methoxy groups -OCH3 is 1. The molecule has 0 heterocycles. The number of para-hydroxylation sites is 1. The van der Waals surface area contributed by atoms with Crippen molar-refractivity contribution in [2.75, 3.05) is 7.11 Å². The quantitative estimate of drug-likeness (QED) is 0.451. The van der Waals surface area contributed by atoms with Gasteiger partial charge >= 0.3 is 12.1 Å². The number of benzene rings is 2. The van der Waals surface area contributed by atoms with Gasteiger partial charge in [-0.3, -0.25) is 4.79 Å². The maximum atomic E-state index is 13.1. The van der Waals surface area contributed by atoms with Gasteiger partial charge in [0.15, 0.2) is 5.78 Å². The topological polar surface area (TPSA) is 52.6 Å². The van der Waals surface area contributed by atoms with Crippen LogP contribution in [0.5, 0.6) is 5.75 Å². The molecule has 0 amide bonds. The normalized spacial score (nSPS) is 12.4. The minimum atomic E-state index is -4.69. The average molecular weight is 373 g/mol. The Hall–Kier alpha value is -2.54.